The fourth-order valence-electron chi connectivity index (χ4n) is 4.32. The Labute approximate surface area is 193 Å². The fraction of sp³-hybridized carbons (Fsp3) is 0.308. The Morgan fingerprint density at radius 1 is 1.22 bits per heavy atom. The molecule has 2 aliphatic rings. The normalized spacial score (nSPS) is 19.8. The van der Waals surface area contributed by atoms with Gasteiger partial charge in [-0.2, -0.15) is 5.26 Å². The average molecular weight is 449 g/mol. The first-order valence-electron chi connectivity index (χ1n) is 10.5. The van der Waals surface area contributed by atoms with Crippen molar-refractivity contribution in [1.82, 2.24) is 0 Å². The van der Waals surface area contributed by atoms with Gasteiger partial charge in [0.25, 0.3) is 0 Å². The van der Waals surface area contributed by atoms with Crippen molar-refractivity contribution in [3.8, 4) is 11.8 Å². The van der Waals surface area contributed by atoms with E-state index in [9.17, 15) is 10.1 Å². The van der Waals surface area contributed by atoms with Gasteiger partial charge in [-0.25, -0.2) is 0 Å². The molecule has 1 heterocycles. The molecule has 0 fully saturated rings. The molecule has 2 aromatic carbocycles. The van der Waals surface area contributed by atoms with E-state index in [0.29, 0.717) is 47.1 Å². The zero-order valence-corrected chi connectivity index (χ0v) is 19.1. The van der Waals surface area contributed by atoms with Crippen molar-refractivity contribution in [2.45, 2.75) is 46.1 Å². The number of carbonyl (C=O) groups is 1. The summed E-state index contributed by atoms with van der Waals surface area (Å²) in [6.45, 7) is 6.40. The van der Waals surface area contributed by atoms with Gasteiger partial charge in [-0.15, -0.1) is 0 Å². The number of Topliss-reactive ketones (excluding diaryl/α,β-unsaturated/α-hetero) is 1. The lowest BCUT2D eigenvalue weighted by Gasteiger charge is -2.37. The molecule has 1 atom stereocenters. The van der Waals surface area contributed by atoms with Crippen LogP contribution in [0.4, 0.5) is 0 Å². The molecule has 1 aliphatic heterocycles. The standard InChI is InChI=1S/C26H25ClN2O3/c1-15-4-6-16(7-5-15)14-31-21-9-8-17(27)10-18(21)23-19(13-28)25(29)32-22-12-26(2,3)11-20(30)24(22)23/h4-10,23H,11-12,14,29H2,1-3H3/t23-/m0/s1. The van der Waals surface area contributed by atoms with Crippen LogP contribution in [0.15, 0.2) is 65.3 Å². The van der Waals surface area contributed by atoms with Crippen molar-refractivity contribution in [3.05, 3.63) is 87.0 Å². The first-order chi connectivity index (χ1) is 15.2. The first kappa shape index (κ1) is 22.0. The SMILES string of the molecule is Cc1ccc(COc2ccc(Cl)cc2[C@H]2C(C#N)=C(N)OC3=C2C(=O)CC(C)(C)C3)cc1. The predicted octanol–water partition coefficient (Wildman–Crippen LogP) is 5.68. The highest BCUT2D eigenvalue weighted by Gasteiger charge is 2.43. The van der Waals surface area contributed by atoms with E-state index in [1.807, 2.05) is 45.0 Å². The second kappa shape index (κ2) is 8.37. The van der Waals surface area contributed by atoms with Gasteiger partial charge in [0.15, 0.2) is 5.78 Å². The van der Waals surface area contributed by atoms with Gasteiger partial charge in [-0.3, -0.25) is 4.79 Å². The second-order valence-electron chi connectivity index (χ2n) is 9.16. The molecule has 1 aliphatic carbocycles. The number of carbonyl (C=O) groups excluding carboxylic acids is 1. The zero-order valence-electron chi connectivity index (χ0n) is 18.4. The number of halogens is 1. The minimum Gasteiger partial charge on any atom is -0.489 e. The van der Waals surface area contributed by atoms with Gasteiger partial charge in [0.2, 0.25) is 5.88 Å². The first-order valence-corrected chi connectivity index (χ1v) is 10.9. The van der Waals surface area contributed by atoms with Crippen molar-refractivity contribution in [2.75, 3.05) is 0 Å². The largest absolute Gasteiger partial charge is 0.489 e. The summed E-state index contributed by atoms with van der Waals surface area (Å²) in [6.07, 6.45) is 0.925. The third-order valence-electron chi connectivity index (χ3n) is 5.87. The van der Waals surface area contributed by atoms with Gasteiger partial charge >= 0.3 is 0 Å². The van der Waals surface area contributed by atoms with Crippen LogP contribution in [0.3, 0.4) is 0 Å². The molecular formula is C26H25ClN2O3. The predicted molar refractivity (Wildman–Crippen MR) is 123 cm³/mol. The number of benzene rings is 2. The summed E-state index contributed by atoms with van der Waals surface area (Å²) in [5.41, 5.74) is 9.37. The van der Waals surface area contributed by atoms with Crippen molar-refractivity contribution in [2.24, 2.45) is 11.1 Å². The van der Waals surface area contributed by atoms with E-state index in [-0.39, 0.29) is 22.7 Å². The molecule has 0 saturated carbocycles. The minimum absolute atomic E-state index is 0.0196. The van der Waals surface area contributed by atoms with Crippen LogP contribution in [-0.2, 0) is 16.1 Å². The summed E-state index contributed by atoms with van der Waals surface area (Å²) in [4.78, 5) is 13.2. The monoisotopic (exact) mass is 448 g/mol. The smallest absolute Gasteiger partial charge is 0.205 e. The number of allylic oxidation sites excluding steroid dienone is 3. The quantitative estimate of drug-likeness (QED) is 0.650. The molecule has 6 heteroatoms. The maximum atomic E-state index is 13.2. The number of hydrogen-bond donors (Lipinski definition) is 1. The van der Waals surface area contributed by atoms with E-state index in [1.165, 1.54) is 5.56 Å². The summed E-state index contributed by atoms with van der Waals surface area (Å²) in [5, 5.41) is 10.4. The average Bonchev–Trinajstić information content (AvgIpc) is 2.72. The third-order valence-corrected chi connectivity index (χ3v) is 6.11. The van der Waals surface area contributed by atoms with Crippen LogP contribution in [0.2, 0.25) is 5.02 Å². The topological polar surface area (TPSA) is 85.3 Å². The summed E-state index contributed by atoms with van der Waals surface area (Å²) < 4.78 is 11.9. The van der Waals surface area contributed by atoms with Gasteiger partial charge in [0, 0.05) is 29.0 Å². The van der Waals surface area contributed by atoms with Crippen molar-refractivity contribution >= 4 is 17.4 Å². The van der Waals surface area contributed by atoms with Crippen LogP contribution in [0.1, 0.15) is 49.3 Å². The molecule has 0 saturated heterocycles. The lowest BCUT2D eigenvalue weighted by molar-refractivity contribution is -0.119. The molecule has 2 aromatic rings. The van der Waals surface area contributed by atoms with Crippen molar-refractivity contribution in [3.63, 3.8) is 0 Å². The number of nitrogens with two attached hydrogens (primary N) is 1. The van der Waals surface area contributed by atoms with Crippen LogP contribution in [0.5, 0.6) is 5.75 Å². The van der Waals surface area contributed by atoms with E-state index in [2.05, 4.69) is 6.07 Å². The molecule has 0 amide bonds. The van der Waals surface area contributed by atoms with Gasteiger partial charge in [-0.05, 0) is 36.1 Å². The van der Waals surface area contributed by atoms with E-state index >= 15 is 0 Å². The number of ketones is 1. The third kappa shape index (κ3) is 4.24. The van der Waals surface area contributed by atoms with Crippen molar-refractivity contribution < 1.29 is 14.3 Å². The molecule has 5 nitrogen and oxygen atoms in total. The highest BCUT2D eigenvalue weighted by atomic mass is 35.5. The maximum absolute atomic E-state index is 13.2. The Morgan fingerprint density at radius 2 is 1.94 bits per heavy atom. The highest BCUT2D eigenvalue weighted by molar-refractivity contribution is 6.30. The van der Waals surface area contributed by atoms with Crippen LogP contribution >= 0.6 is 11.6 Å². The molecule has 0 radical (unpaired) electrons. The number of nitriles is 1. The fourth-order valence-corrected chi connectivity index (χ4v) is 4.50. The van der Waals surface area contributed by atoms with E-state index < -0.39 is 5.92 Å². The Balaban J connectivity index is 1.79. The van der Waals surface area contributed by atoms with Gasteiger partial charge in [-0.1, -0.05) is 55.3 Å². The van der Waals surface area contributed by atoms with Crippen LogP contribution < -0.4 is 10.5 Å². The van der Waals surface area contributed by atoms with Gasteiger partial charge < -0.3 is 15.2 Å². The molecule has 0 aromatic heterocycles. The summed E-state index contributed by atoms with van der Waals surface area (Å²) in [6, 6.07) is 15.4. The van der Waals surface area contributed by atoms with Crippen LogP contribution in [0, 0.1) is 23.7 Å². The molecule has 0 bridgehead atoms. The van der Waals surface area contributed by atoms with Crippen molar-refractivity contribution in [1.29, 1.82) is 5.26 Å². The Kier molecular flexibility index (Phi) is 5.75. The summed E-state index contributed by atoms with van der Waals surface area (Å²) in [5.74, 6) is 0.361. The minimum atomic E-state index is -0.681. The Hall–Kier alpha value is -3.23. The molecule has 32 heavy (non-hydrogen) atoms. The van der Waals surface area contributed by atoms with Crippen LogP contribution in [-0.4, -0.2) is 5.78 Å². The molecular weight excluding hydrogens is 424 g/mol. The molecule has 0 unspecified atom stereocenters. The van der Waals surface area contributed by atoms with E-state index in [1.54, 1.807) is 18.2 Å². The number of nitrogens with zero attached hydrogens (tertiary/aromatic N) is 1. The van der Waals surface area contributed by atoms with Gasteiger partial charge in [0.05, 0.1) is 5.92 Å². The number of rotatable bonds is 4. The summed E-state index contributed by atoms with van der Waals surface area (Å²) >= 11 is 6.34. The van der Waals surface area contributed by atoms with Crippen LogP contribution in [0.25, 0.3) is 0 Å². The maximum Gasteiger partial charge on any atom is 0.205 e. The lowest BCUT2D eigenvalue weighted by Crippen LogP contribution is -2.33. The highest BCUT2D eigenvalue weighted by Crippen LogP contribution is 2.49. The zero-order chi connectivity index (χ0) is 23.0. The Morgan fingerprint density at radius 3 is 2.62 bits per heavy atom. The molecule has 4 rings (SSSR count). The molecule has 164 valence electrons. The Bertz CT molecular complexity index is 1190. The number of ether oxygens (including phenoxy) is 2. The molecule has 2 N–H and O–H groups in total. The van der Waals surface area contributed by atoms with E-state index in [4.69, 9.17) is 26.8 Å². The summed E-state index contributed by atoms with van der Waals surface area (Å²) in [7, 11) is 0. The lowest BCUT2D eigenvalue weighted by atomic mass is 9.70. The second-order valence-corrected chi connectivity index (χ2v) is 9.60. The van der Waals surface area contributed by atoms with E-state index in [0.717, 1.165) is 5.56 Å². The molecule has 0 spiro atoms. The number of hydrogen-bond acceptors (Lipinski definition) is 5. The number of aryl methyl sites for hydroxylation is 1. The van der Waals surface area contributed by atoms with Gasteiger partial charge in [0.1, 0.15) is 29.8 Å².